The van der Waals surface area contributed by atoms with Gasteiger partial charge in [0.05, 0.1) is 10.5 Å². The molecular weight excluding hydrogens is 222 g/mol. The summed E-state index contributed by atoms with van der Waals surface area (Å²) in [5.41, 5.74) is 0.162. The van der Waals surface area contributed by atoms with Crippen LogP contribution in [0.2, 0.25) is 0 Å². The summed E-state index contributed by atoms with van der Waals surface area (Å²) in [5, 5.41) is 10.4. The van der Waals surface area contributed by atoms with Crippen LogP contribution in [-0.4, -0.2) is 17.0 Å². The minimum Gasteiger partial charge on any atom is -0.446 e. The Kier molecular flexibility index (Phi) is 4.23. The number of nitrogens with zero attached hydrogens (tertiary/aromatic N) is 1. The molecule has 0 aliphatic rings. The summed E-state index contributed by atoms with van der Waals surface area (Å²) in [4.78, 5) is 21.4. The lowest BCUT2D eigenvalue weighted by molar-refractivity contribution is -0.384. The van der Waals surface area contributed by atoms with Gasteiger partial charge in [0, 0.05) is 12.1 Å². The molecule has 0 fully saturated rings. The van der Waals surface area contributed by atoms with E-state index < -0.39 is 17.0 Å². The zero-order valence-electron chi connectivity index (χ0n) is 9.25. The second-order valence-corrected chi connectivity index (χ2v) is 3.27. The lowest BCUT2D eigenvalue weighted by Crippen LogP contribution is -2.15. The third-order valence-corrected chi connectivity index (χ3v) is 2.12. The molecule has 1 aromatic carbocycles. The molecule has 1 aromatic rings. The molecule has 0 heterocycles. The van der Waals surface area contributed by atoms with Gasteiger partial charge in [0.25, 0.3) is 5.69 Å². The third kappa shape index (κ3) is 3.31. The van der Waals surface area contributed by atoms with Crippen LogP contribution >= 0.6 is 0 Å². The maximum atomic E-state index is 11.6. The highest BCUT2D eigenvalue weighted by Gasteiger charge is 2.13. The molecule has 5 heteroatoms. The molecule has 0 spiro atoms. The van der Waals surface area contributed by atoms with Crippen molar-refractivity contribution in [2.45, 2.75) is 19.4 Å². The summed E-state index contributed by atoms with van der Waals surface area (Å²) in [6, 6.07) is 5.16. The van der Waals surface area contributed by atoms with Gasteiger partial charge < -0.3 is 4.74 Å². The SMILES string of the molecule is C#CC(CC)OC(=O)c1ccc([N+](=O)[O-])cc1. The molecule has 0 aliphatic heterocycles. The molecular formula is C12H11NO4. The van der Waals surface area contributed by atoms with Crippen LogP contribution in [0.4, 0.5) is 5.69 Å². The molecule has 17 heavy (non-hydrogen) atoms. The van der Waals surface area contributed by atoms with Crippen molar-refractivity contribution in [1.82, 2.24) is 0 Å². The van der Waals surface area contributed by atoms with E-state index in [0.29, 0.717) is 6.42 Å². The van der Waals surface area contributed by atoms with E-state index >= 15 is 0 Å². The Balaban J connectivity index is 2.77. The molecule has 0 aliphatic carbocycles. The van der Waals surface area contributed by atoms with E-state index in [9.17, 15) is 14.9 Å². The molecule has 1 rings (SSSR count). The highest BCUT2D eigenvalue weighted by atomic mass is 16.6. The summed E-state index contributed by atoms with van der Waals surface area (Å²) >= 11 is 0. The largest absolute Gasteiger partial charge is 0.446 e. The van der Waals surface area contributed by atoms with Crippen LogP contribution in [0.3, 0.4) is 0 Å². The van der Waals surface area contributed by atoms with E-state index in [1.54, 1.807) is 6.92 Å². The molecule has 0 bridgehead atoms. The number of rotatable bonds is 4. The van der Waals surface area contributed by atoms with Crippen LogP contribution in [0.25, 0.3) is 0 Å². The first-order chi connectivity index (χ1) is 8.08. The fourth-order valence-electron chi connectivity index (χ4n) is 1.15. The Hall–Kier alpha value is -2.35. The molecule has 0 amide bonds. The Bertz CT molecular complexity index is 458. The van der Waals surface area contributed by atoms with E-state index in [4.69, 9.17) is 11.2 Å². The highest BCUT2D eigenvalue weighted by molar-refractivity contribution is 5.89. The molecule has 1 unspecified atom stereocenters. The van der Waals surface area contributed by atoms with Gasteiger partial charge >= 0.3 is 5.97 Å². The number of nitro benzene ring substituents is 1. The van der Waals surface area contributed by atoms with E-state index in [1.165, 1.54) is 24.3 Å². The maximum Gasteiger partial charge on any atom is 0.339 e. The number of terminal acetylenes is 1. The van der Waals surface area contributed by atoms with Crippen LogP contribution in [0.5, 0.6) is 0 Å². The van der Waals surface area contributed by atoms with Gasteiger partial charge in [-0.1, -0.05) is 12.8 Å². The smallest absolute Gasteiger partial charge is 0.339 e. The van der Waals surface area contributed by atoms with Crippen LogP contribution in [0.1, 0.15) is 23.7 Å². The highest BCUT2D eigenvalue weighted by Crippen LogP contribution is 2.13. The number of esters is 1. The summed E-state index contributed by atoms with van der Waals surface area (Å²) in [7, 11) is 0. The fraction of sp³-hybridized carbons (Fsp3) is 0.250. The second-order valence-electron chi connectivity index (χ2n) is 3.27. The van der Waals surface area contributed by atoms with Crippen LogP contribution in [0, 0.1) is 22.5 Å². The fourth-order valence-corrected chi connectivity index (χ4v) is 1.15. The van der Waals surface area contributed by atoms with Crippen molar-refractivity contribution in [1.29, 1.82) is 0 Å². The Morgan fingerprint density at radius 1 is 1.53 bits per heavy atom. The summed E-state index contributed by atoms with van der Waals surface area (Å²) in [5.74, 6) is 1.75. The van der Waals surface area contributed by atoms with E-state index in [-0.39, 0.29) is 11.3 Å². The van der Waals surface area contributed by atoms with Crippen molar-refractivity contribution in [3.05, 3.63) is 39.9 Å². The van der Waals surface area contributed by atoms with Gasteiger partial charge in [-0.25, -0.2) is 4.79 Å². The van der Waals surface area contributed by atoms with Gasteiger partial charge in [0.15, 0.2) is 6.10 Å². The molecule has 0 saturated carbocycles. The number of carbonyl (C=O) groups is 1. The average Bonchev–Trinajstić information content (AvgIpc) is 2.35. The van der Waals surface area contributed by atoms with Gasteiger partial charge in [-0.15, -0.1) is 6.42 Å². The standard InChI is InChI=1S/C12H11NO4/c1-3-11(4-2)17-12(14)9-5-7-10(8-6-9)13(15)16/h1,5-8,11H,4H2,2H3. The molecule has 5 nitrogen and oxygen atoms in total. The topological polar surface area (TPSA) is 69.4 Å². The van der Waals surface area contributed by atoms with Crippen LogP contribution in [-0.2, 0) is 4.74 Å². The van der Waals surface area contributed by atoms with Crippen molar-refractivity contribution in [3.8, 4) is 12.3 Å². The second kappa shape index (κ2) is 5.66. The van der Waals surface area contributed by atoms with E-state index in [1.807, 2.05) is 0 Å². The Morgan fingerprint density at radius 2 is 2.12 bits per heavy atom. The van der Waals surface area contributed by atoms with Crippen LogP contribution < -0.4 is 0 Å². The number of carbonyl (C=O) groups excluding carboxylic acids is 1. The molecule has 0 aromatic heterocycles. The van der Waals surface area contributed by atoms with E-state index in [2.05, 4.69) is 5.92 Å². The minimum absolute atomic E-state index is 0.0782. The number of non-ortho nitro benzene ring substituents is 1. The zero-order chi connectivity index (χ0) is 12.8. The van der Waals surface area contributed by atoms with Crippen molar-refractivity contribution >= 4 is 11.7 Å². The Labute approximate surface area is 98.5 Å². The molecule has 0 N–H and O–H groups in total. The number of hydrogen-bond acceptors (Lipinski definition) is 4. The first-order valence-electron chi connectivity index (χ1n) is 5.00. The van der Waals surface area contributed by atoms with Crippen molar-refractivity contribution < 1.29 is 14.5 Å². The normalized spacial score (nSPS) is 11.3. The van der Waals surface area contributed by atoms with Gasteiger partial charge in [0.2, 0.25) is 0 Å². The monoisotopic (exact) mass is 233 g/mol. The zero-order valence-corrected chi connectivity index (χ0v) is 9.25. The predicted molar refractivity (Wildman–Crippen MR) is 61.4 cm³/mol. The van der Waals surface area contributed by atoms with E-state index in [0.717, 1.165) is 0 Å². The van der Waals surface area contributed by atoms with Crippen molar-refractivity contribution in [2.75, 3.05) is 0 Å². The molecule has 88 valence electrons. The average molecular weight is 233 g/mol. The molecule has 1 atom stereocenters. The maximum absolute atomic E-state index is 11.6. The number of nitro groups is 1. The first kappa shape index (κ1) is 12.7. The van der Waals surface area contributed by atoms with Gasteiger partial charge in [-0.05, 0) is 18.6 Å². The number of benzene rings is 1. The predicted octanol–water partition coefficient (Wildman–Crippen LogP) is 2.16. The lowest BCUT2D eigenvalue weighted by Gasteiger charge is -2.09. The summed E-state index contributed by atoms with van der Waals surface area (Å²) < 4.78 is 4.99. The quantitative estimate of drug-likeness (QED) is 0.346. The summed E-state index contributed by atoms with van der Waals surface area (Å²) in [6.07, 6.45) is 5.11. The molecule has 0 saturated heterocycles. The van der Waals surface area contributed by atoms with Crippen molar-refractivity contribution in [3.63, 3.8) is 0 Å². The van der Waals surface area contributed by atoms with Crippen LogP contribution in [0.15, 0.2) is 24.3 Å². The Morgan fingerprint density at radius 3 is 2.53 bits per heavy atom. The number of hydrogen-bond donors (Lipinski definition) is 0. The van der Waals surface area contributed by atoms with Gasteiger partial charge in [0.1, 0.15) is 0 Å². The van der Waals surface area contributed by atoms with Gasteiger partial charge in [-0.3, -0.25) is 10.1 Å². The van der Waals surface area contributed by atoms with Gasteiger partial charge in [-0.2, -0.15) is 0 Å². The molecule has 0 radical (unpaired) electrons. The first-order valence-corrected chi connectivity index (χ1v) is 5.00. The summed E-state index contributed by atoms with van der Waals surface area (Å²) in [6.45, 7) is 1.80. The number of ether oxygens (including phenoxy) is 1. The minimum atomic E-state index is -0.579. The lowest BCUT2D eigenvalue weighted by atomic mass is 10.2. The third-order valence-electron chi connectivity index (χ3n) is 2.12. The van der Waals surface area contributed by atoms with Crippen molar-refractivity contribution in [2.24, 2.45) is 0 Å².